The molecule has 7 nitrogen and oxygen atoms in total. The van der Waals surface area contributed by atoms with Crippen LogP contribution in [0, 0.1) is 5.82 Å². The molecule has 0 aliphatic carbocycles. The van der Waals surface area contributed by atoms with Gasteiger partial charge in [-0.15, -0.1) is 11.3 Å². The highest BCUT2D eigenvalue weighted by atomic mass is 32.1. The fraction of sp³-hybridized carbons (Fsp3) is 0.200. The van der Waals surface area contributed by atoms with E-state index in [1.54, 1.807) is 59.0 Å². The van der Waals surface area contributed by atoms with Crippen molar-refractivity contribution in [1.82, 2.24) is 14.9 Å². The lowest BCUT2D eigenvalue weighted by molar-refractivity contribution is -0.135. The molecule has 0 bridgehead atoms. The van der Waals surface area contributed by atoms with Gasteiger partial charge in [0.2, 0.25) is 0 Å². The minimum absolute atomic E-state index is 0.0713. The Hall–Kier alpha value is -4.37. The largest absolute Gasteiger partial charge is 0.483 e. The van der Waals surface area contributed by atoms with E-state index < -0.39 is 0 Å². The van der Waals surface area contributed by atoms with E-state index in [0.29, 0.717) is 37.2 Å². The minimum Gasteiger partial charge on any atom is -0.483 e. The molecule has 2 aliphatic rings. The molecule has 6 rings (SSSR count). The fourth-order valence-electron chi connectivity index (χ4n) is 5.02. The van der Waals surface area contributed by atoms with Crippen molar-refractivity contribution < 1.29 is 18.7 Å². The van der Waals surface area contributed by atoms with Gasteiger partial charge in [-0.1, -0.05) is 30.3 Å². The second kappa shape index (κ2) is 10.8. The predicted molar refractivity (Wildman–Crippen MR) is 146 cm³/mol. The van der Waals surface area contributed by atoms with E-state index in [9.17, 15) is 14.0 Å². The molecule has 0 radical (unpaired) electrons. The smallest absolute Gasteiger partial charge is 0.281 e. The van der Waals surface area contributed by atoms with Crippen molar-refractivity contribution in [2.75, 3.05) is 13.2 Å². The summed E-state index contributed by atoms with van der Waals surface area (Å²) in [6.07, 6.45) is 4.62. The van der Waals surface area contributed by atoms with Crippen LogP contribution in [0.2, 0.25) is 0 Å². The molecule has 1 atom stereocenters. The van der Waals surface area contributed by atoms with Crippen LogP contribution in [-0.4, -0.2) is 45.6 Å². The van der Waals surface area contributed by atoms with Crippen LogP contribution in [0.25, 0.3) is 0 Å². The second-order valence-electron chi connectivity index (χ2n) is 9.44. The Morgan fingerprint density at radius 3 is 2.72 bits per heavy atom. The van der Waals surface area contributed by atoms with E-state index in [4.69, 9.17) is 4.74 Å². The van der Waals surface area contributed by atoms with Gasteiger partial charge >= 0.3 is 0 Å². The predicted octanol–water partition coefficient (Wildman–Crippen LogP) is 5.24. The first-order valence-electron chi connectivity index (χ1n) is 12.7. The van der Waals surface area contributed by atoms with Crippen LogP contribution in [0.3, 0.4) is 0 Å². The van der Waals surface area contributed by atoms with Crippen molar-refractivity contribution in [3.05, 3.63) is 117 Å². The molecular formula is C30H25FN4O3S. The van der Waals surface area contributed by atoms with Gasteiger partial charge in [0.15, 0.2) is 6.61 Å². The number of amides is 2. The third kappa shape index (κ3) is 5.18. The summed E-state index contributed by atoms with van der Waals surface area (Å²) < 4.78 is 19.6. The first-order valence-corrected chi connectivity index (χ1v) is 13.6. The molecule has 0 spiro atoms. The third-order valence-corrected chi connectivity index (χ3v) is 7.87. The molecule has 196 valence electrons. The molecule has 0 N–H and O–H groups in total. The maximum Gasteiger partial charge on any atom is 0.281 e. The average Bonchev–Trinajstić information content (AvgIpc) is 3.65. The molecule has 2 aliphatic heterocycles. The van der Waals surface area contributed by atoms with Gasteiger partial charge in [0.25, 0.3) is 11.8 Å². The van der Waals surface area contributed by atoms with E-state index in [0.717, 1.165) is 27.3 Å². The Balaban J connectivity index is 1.19. The first kappa shape index (κ1) is 24.9. The standard InChI is InChI=1S/C30H25FN4O3S/c31-22-10-8-21(9-11-22)26-16-25(28-7-3-15-39-28)33-35(26)29(36)19-38-27-6-1-5-24-23(27)12-14-34(30(24)37)18-20-4-2-13-32-17-20/h1-11,13,15,17,26H,12,14,16,18-19H2/t26-/m1/s1. The van der Waals surface area contributed by atoms with Gasteiger partial charge in [0, 0.05) is 43.0 Å². The zero-order chi connectivity index (χ0) is 26.8. The summed E-state index contributed by atoms with van der Waals surface area (Å²) >= 11 is 1.56. The molecule has 2 amide bonds. The van der Waals surface area contributed by atoms with Crippen molar-refractivity contribution >= 4 is 28.9 Å². The van der Waals surface area contributed by atoms with Gasteiger partial charge in [-0.2, -0.15) is 5.10 Å². The molecule has 9 heteroatoms. The summed E-state index contributed by atoms with van der Waals surface area (Å²) in [7, 11) is 0. The Morgan fingerprint density at radius 1 is 1.08 bits per heavy atom. The quantitative estimate of drug-likeness (QED) is 0.322. The number of nitrogens with zero attached hydrogens (tertiary/aromatic N) is 4. The van der Waals surface area contributed by atoms with E-state index in [-0.39, 0.29) is 30.3 Å². The number of hydrogen-bond donors (Lipinski definition) is 0. The molecule has 0 saturated carbocycles. The minimum atomic E-state index is -0.355. The van der Waals surface area contributed by atoms with E-state index in [1.165, 1.54) is 17.1 Å². The molecule has 2 aromatic heterocycles. The van der Waals surface area contributed by atoms with Crippen LogP contribution >= 0.6 is 11.3 Å². The summed E-state index contributed by atoms with van der Waals surface area (Å²) in [6, 6.07) is 18.9. The number of halogens is 1. The zero-order valence-corrected chi connectivity index (χ0v) is 21.8. The summed E-state index contributed by atoms with van der Waals surface area (Å²) in [6.45, 7) is 0.797. The lowest BCUT2D eigenvalue weighted by atomic mass is 9.97. The van der Waals surface area contributed by atoms with Crippen molar-refractivity contribution in [1.29, 1.82) is 0 Å². The van der Waals surface area contributed by atoms with Gasteiger partial charge in [-0.3, -0.25) is 14.6 Å². The number of carbonyl (C=O) groups excluding carboxylic acids is 2. The Morgan fingerprint density at radius 2 is 1.95 bits per heavy atom. The number of pyridine rings is 1. The molecule has 4 aromatic rings. The van der Waals surface area contributed by atoms with Crippen molar-refractivity contribution in [2.24, 2.45) is 5.10 Å². The maximum atomic E-state index is 13.6. The van der Waals surface area contributed by atoms with Gasteiger partial charge < -0.3 is 9.64 Å². The maximum absolute atomic E-state index is 13.6. The second-order valence-corrected chi connectivity index (χ2v) is 10.4. The topological polar surface area (TPSA) is 75.1 Å². The van der Waals surface area contributed by atoms with E-state index >= 15 is 0 Å². The van der Waals surface area contributed by atoms with Crippen LogP contribution < -0.4 is 4.74 Å². The fourth-order valence-corrected chi connectivity index (χ4v) is 5.74. The monoisotopic (exact) mass is 540 g/mol. The molecule has 0 unspecified atom stereocenters. The summed E-state index contributed by atoms with van der Waals surface area (Å²) in [4.78, 5) is 33.6. The van der Waals surface area contributed by atoms with Gasteiger partial charge in [0.05, 0.1) is 16.6 Å². The lowest BCUT2D eigenvalue weighted by Crippen LogP contribution is -2.37. The molecule has 39 heavy (non-hydrogen) atoms. The Bertz CT molecular complexity index is 1520. The first-order chi connectivity index (χ1) is 19.1. The van der Waals surface area contributed by atoms with Gasteiger partial charge in [-0.25, -0.2) is 9.40 Å². The van der Waals surface area contributed by atoms with Crippen LogP contribution in [0.15, 0.2) is 89.6 Å². The molecule has 0 fully saturated rings. The number of fused-ring (bicyclic) bond motifs is 1. The van der Waals surface area contributed by atoms with Crippen molar-refractivity contribution in [3.8, 4) is 5.75 Å². The number of thiophene rings is 1. The van der Waals surface area contributed by atoms with E-state index in [1.807, 2.05) is 29.6 Å². The van der Waals surface area contributed by atoms with Crippen LogP contribution in [0.5, 0.6) is 5.75 Å². The number of ether oxygens (including phenoxy) is 1. The summed E-state index contributed by atoms with van der Waals surface area (Å²) in [5.74, 6) is -0.193. The van der Waals surface area contributed by atoms with Crippen molar-refractivity contribution in [3.63, 3.8) is 0 Å². The normalized spacial score (nSPS) is 16.7. The number of benzene rings is 2. The summed E-state index contributed by atoms with van der Waals surface area (Å²) in [5.41, 5.74) is 3.96. The SMILES string of the molecule is O=C1c2cccc(OCC(=O)N3N=C(c4cccs4)C[C@@H]3c3ccc(F)cc3)c2CCN1Cc1cccnc1. The van der Waals surface area contributed by atoms with Crippen LogP contribution in [-0.2, 0) is 17.8 Å². The van der Waals surface area contributed by atoms with E-state index in [2.05, 4.69) is 10.1 Å². The highest BCUT2D eigenvalue weighted by Gasteiger charge is 2.34. The molecule has 4 heterocycles. The number of carbonyl (C=O) groups is 2. The zero-order valence-electron chi connectivity index (χ0n) is 21.0. The van der Waals surface area contributed by atoms with Crippen molar-refractivity contribution in [2.45, 2.75) is 25.4 Å². The summed E-state index contributed by atoms with van der Waals surface area (Å²) in [5, 5.41) is 8.05. The molecule has 2 aromatic carbocycles. The van der Waals surface area contributed by atoms with Crippen LogP contribution in [0.1, 0.15) is 44.4 Å². The number of hydrogen-bond acceptors (Lipinski definition) is 6. The molecular weight excluding hydrogens is 515 g/mol. The Labute approximate surface area is 229 Å². The van der Waals surface area contributed by atoms with Crippen LogP contribution in [0.4, 0.5) is 4.39 Å². The number of aromatic nitrogens is 1. The third-order valence-electron chi connectivity index (χ3n) is 6.96. The average molecular weight is 541 g/mol. The number of hydrazone groups is 1. The highest BCUT2D eigenvalue weighted by Crippen LogP contribution is 2.34. The van der Waals surface area contributed by atoms with Gasteiger partial charge in [-0.05, 0) is 59.3 Å². The Kier molecular flexibility index (Phi) is 6.89. The lowest BCUT2D eigenvalue weighted by Gasteiger charge is -2.29. The van der Waals surface area contributed by atoms with Gasteiger partial charge in [0.1, 0.15) is 11.6 Å². The molecule has 0 saturated heterocycles. The number of rotatable bonds is 7. The highest BCUT2D eigenvalue weighted by molar-refractivity contribution is 7.12.